The number of aliphatic hydroxyl groups is 1. The van der Waals surface area contributed by atoms with Crippen LogP contribution in [0.5, 0.6) is 10.8 Å². The van der Waals surface area contributed by atoms with Gasteiger partial charge in [-0.25, -0.2) is 0 Å². The zero-order valence-electron chi connectivity index (χ0n) is 11.7. The third-order valence-electron chi connectivity index (χ3n) is 2.93. The molecule has 21 heavy (non-hydrogen) atoms. The van der Waals surface area contributed by atoms with Crippen LogP contribution in [0, 0.1) is 24.0 Å². The van der Waals surface area contributed by atoms with Crippen LogP contribution in [0.25, 0.3) is 0 Å². The molecule has 1 atom stereocenters. The van der Waals surface area contributed by atoms with Gasteiger partial charge in [0.15, 0.2) is 0 Å². The summed E-state index contributed by atoms with van der Waals surface area (Å²) in [6.45, 7) is 5.20. The van der Waals surface area contributed by atoms with Crippen molar-refractivity contribution in [3.05, 3.63) is 49.3 Å². The second-order valence-corrected chi connectivity index (χ2v) is 6.21. The molecular formula is C14H14ClNO4S. The average molecular weight is 328 g/mol. The van der Waals surface area contributed by atoms with Gasteiger partial charge in [0.05, 0.1) is 11.0 Å². The van der Waals surface area contributed by atoms with Crippen molar-refractivity contribution in [2.45, 2.75) is 26.9 Å². The lowest BCUT2D eigenvalue weighted by Crippen LogP contribution is -1.93. The molecule has 112 valence electrons. The topological polar surface area (TPSA) is 72.6 Å². The van der Waals surface area contributed by atoms with E-state index in [0.29, 0.717) is 15.6 Å². The first-order valence-corrected chi connectivity index (χ1v) is 7.39. The van der Waals surface area contributed by atoms with Gasteiger partial charge in [-0.2, -0.15) is 0 Å². The standard InChI is InChI=1S/C14H14ClNO4S/c1-7-4-10(15)5-8(2)13(7)20-14-11(16(18)19)6-12(21-14)9(3)17/h4-6,9,17H,1-3H3/t9-/m0/s1. The van der Waals surface area contributed by atoms with Crippen LogP contribution >= 0.6 is 22.9 Å². The van der Waals surface area contributed by atoms with Gasteiger partial charge in [0.2, 0.25) is 0 Å². The Balaban J connectivity index is 2.46. The average Bonchev–Trinajstić information content (AvgIpc) is 2.77. The lowest BCUT2D eigenvalue weighted by atomic mass is 10.1. The highest BCUT2D eigenvalue weighted by molar-refractivity contribution is 7.14. The summed E-state index contributed by atoms with van der Waals surface area (Å²) in [6.07, 6.45) is -0.779. The summed E-state index contributed by atoms with van der Waals surface area (Å²) in [5.41, 5.74) is 1.44. The van der Waals surface area contributed by atoms with E-state index in [1.165, 1.54) is 6.07 Å². The van der Waals surface area contributed by atoms with Crippen molar-refractivity contribution in [1.82, 2.24) is 0 Å². The van der Waals surface area contributed by atoms with Crippen molar-refractivity contribution in [2.75, 3.05) is 0 Å². The Morgan fingerprint density at radius 3 is 2.38 bits per heavy atom. The number of hydrogen-bond donors (Lipinski definition) is 1. The lowest BCUT2D eigenvalue weighted by Gasteiger charge is -2.10. The van der Waals surface area contributed by atoms with E-state index in [1.807, 2.05) is 13.8 Å². The van der Waals surface area contributed by atoms with E-state index in [-0.39, 0.29) is 10.8 Å². The first-order valence-electron chi connectivity index (χ1n) is 6.20. The Kier molecular flexibility index (Phi) is 4.51. The van der Waals surface area contributed by atoms with Crippen LogP contribution in [0.2, 0.25) is 5.02 Å². The Morgan fingerprint density at radius 1 is 1.33 bits per heavy atom. The molecule has 2 aromatic rings. The van der Waals surface area contributed by atoms with Crippen molar-refractivity contribution in [3.63, 3.8) is 0 Å². The van der Waals surface area contributed by atoms with Crippen LogP contribution in [0.1, 0.15) is 29.0 Å². The summed E-state index contributed by atoms with van der Waals surface area (Å²) in [6, 6.07) is 4.81. The molecule has 1 aromatic carbocycles. The Labute approximate surface area is 130 Å². The predicted molar refractivity (Wildman–Crippen MR) is 82.6 cm³/mol. The van der Waals surface area contributed by atoms with Crippen LogP contribution in [0.4, 0.5) is 5.69 Å². The fraction of sp³-hybridized carbons (Fsp3) is 0.286. The molecular weight excluding hydrogens is 314 g/mol. The lowest BCUT2D eigenvalue weighted by molar-refractivity contribution is -0.385. The quantitative estimate of drug-likeness (QED) is 0.648. The highest BCUT2D eigenvalue weighted by Gasteiger charge is 2.24. The van der Waals surface area contributed by atoms with Gasteiger partial charge in [-0.05, 0) is 44.0 Å². The predicted octanol–water partition coefficient (Wildman–Crippen LogP) is 4.77. The van der Waals surface area contributed by atoms with E-state index in [4.69, 9.17) is 16.3 Å². The maximum absolute atomic E-state index is 11.1. The van der Waals surface area contributed by atoms with Gasteiger partial charge >= 0.3 is 5.69 Å². The van der Waals surface area contributed by atoms with Crippen LogP contribution in [0.3, 0.4) is 0 Å². The van der Waals surface area contributed by atoms with Gasteiger partial charge in [0, 0.05) is 16.0 Å². The zero-order chi connectivity index (χ0) is 15.7. The number of ether oxygens (including phenoxy) is 1. The maximum Gasteiger partial charge on any atom is 0.323 e. The number of aryl methyl sites for hydroxylation is 2. The molecule has 5 nitrogen and oxygen atoms in total. The van der Waals surface area contributed by atoms with E-state index < -0.39 is 11.0 Å². The molecule has 0 fully saturated rings. The molecule has 0 saturated carbocycles. The molecule has 0 aliphatic carbocycles. The molecule has 0 aliphatic heterocycles. The summed E-state index contributed by atoms with van der Waals surface area (Å²) >= 11 is 7.02. The Morgan fingerprint density at radius 2 is 1.90 bits per heavy atom. The minimum absolute atomic E-state index is 0.148. The highest BCUT2D eigenvalue weighted by Crippen LogP contribution is 2.43. The molecule has 0 amide bonds. The summed E-state index contributed by atoms with van der Waals surface area (Å²) in [5.74, 6) is 0.543. The molecule has 0 bridgehead atoms. The second kappa shape index (κ2) is 6.01. The second-order valence-electron chi connectivity index (χ2n) is 4.73. The first-order chi connectivity index (χ1) is 9.79. The number of thiophene rings is 1. The fourth-order valence-electron chi connectivity index (χ4n) is 1.94. The molecule has 2 rings (SSSR count). The molecule has 0 radical (unpaired) electrons. The van der Waals surface area contributed by atoms with Crippen molar-refractivity contribution < 1.29 is 14.8 Å². The van der Waals surface area contributed by atoms with E-state index >= 15 is 0 Å². The summed E-state index contributed by atoms with van der Waals surface area (Å²) in [7, 11) is 0. The van der Waals surface area contributed by atoms with Gasteiger partial charge in [0.1, 0.15) is 5.75 Å². The molecule has 0 saturated heterocycles. The van der Waals surface area contributed by atoms with Crippen molar-refractivity contribution in [1.29, 1.82) is 0 Å². The van der Waals surface area contributed by atoms with Gasteiger partial charge in [0.25, 0.3) is 5.06 Å². The van der Waals surface area contributed by atoms with Crippen LogP contribution < -0.4 is 4.74 Å². The van der Waals surface area contributed by atoms with Crippen LogP contribution in [-0.2, 0) is 0 Å². The molecule has 1 aromatic heterocycles. The number of halogens is 1. The third kappa shape index (κ3) is 3.34. The minimum atomic E-state index is -0.779. The molecule has 0 spiro atoms. The van der Waals surface area contributed by atoms with Crippen molar-refractivity contribution in [3.8, 4) is 10.8 Å². The molecule has 1 N–H and O–H groups in total. The van der Waals surface area contributed by atoms with E-state index in [2.05, 4.69) is 0 Å². The van der Waals surface area contributed by atoms with Crippen LogP contribution in [-0.4, -0.2) is 10.0 Å². The maximum atomic E-state index is 11.1. The van der Waals surface area contributed by atoms with Crippen molar-refractivity contribution >= 4 is 28.6 Å². The van der Waals surface area contributed by atoms with Gasteiger partial charge in [-0.15, -0.1) is 0 Å². The first kappa shape index (κ1) is 15.8. The molecule has 0 unspecified atom stereocenters. The van der Waals surface area contributed by atoms with Crippen LogP contribution in [0.15, 0.2) is 18.2 Å². The molecule has 0 aliphatic rings. The summed E-state index contributed by atoms with van der Waals surface area (Å²) in [5, 5.41) is 21.4. The normalized spacial score (nSPS) is 12.2. The summed E-state index contributed by atoms with van der Waals surface area (Å²) in [4.78, 5) is 11.1. The van der Waals surface area contributed by atoms with Gasteiger partial charge < -0.3 is 9.84 Å². The van der Waals surface area contributed by atoms with E-state index in [1.54, 1.807) is 19.1 Å². The van der Waals surface area contributed by atoms with Crippen molar-refractivity contribution in [2.24, 2.45) is 0 Å². The van der Waals surface area contributed by atoms with Gasteiger partial charge in [-0.1, -0.05) is 22.9 Å². The smallest absolute Gasteiger partial charge is 0.323 e. The Bertz CT molecular complexity index is 673. The molecule has 7 heteroatoms. The third-order valence-corrected chi connectivity index (χ3v) is 4.32. The number of nitro groups is 1. The zero-order valence-corrected chi connectivity index (χ0v) is 13.3. The monoisotopic (exact) mass is 327 g/mol. The fourth-order valence-corrected chi connectivity index (χ4v) is 3.19. The number of hydrogen-bond acceptors (Lipinski definition) is 5. The van der Waals surface area contributed by atoms with E-state index in [0.717, 1.165) is 22.5 Å². The Hall–Kier alpha value is -1.63. The number of nitrogens with zero attached hydrogens (tertiary/aromatic N) is 1. The van der Waals surface area contributed by atoms with Gasteiger partial charge in [-0.3, -0.25) is 10.1 Å². The number of benzene rings is 1. The number of rotatable bonds is 4. The SMILES string of the molecule is Cc1cc(Cl)cc(C)c1Oc1sc([C@H](C)O)cc1[N+](=O)[O-]. The largest absolute Gasteiger partial charge is 0.439 e. The highest BCUT2D eigenvalue weighted by atomic mass is 35.5. The molecule has 1 heterocycles. The summed E-state index contributed by atoms with van der Waals surface area (Å²) < 4.78 is 5.73. The number of aliphatic hydroxyl groups excluding tert-OH is 1. The minimum Gasteiger partial charge on any atom is -0.439 e. The van der Waals surface area contributed by atoms with E-state index in [9.17, 15) is 15.2 Å².